The van der Waals surface area contributed by atoms with Gasteiger partial charge in [-0.05, 0) is 46.7 Å². The molecule has 1 N–H and O–H groups in total. The molecular formula is C12H24N2O2. The Labute approximate surface area is 98.3 Å². The van der Waals surface area contributed by atoms with Gasteiger partial charge in [-0.1, -0.05) is 0 Å². The maximum absolute atomic E-state index is 11.4. The molecule has 0 radical (unpaired) electrons. The Morgan fingerprint density at radius 1 is 1.56 bits per heavy atom. The number of carbonyl (C=O) groups is 1. The summed E-state index contributed by atoms with van der Waals surface area (Å²) in [4.78, 5) is 13.9. The summed E-state index contributed by atoms with van der Waals surface area (Å²) in [5.41, 5.74) is 0.286. The number of hydrogen-bond acceptors (Lipinski definition) is 4. The molecule has 4 nitrogen and oxygen atoms in total. The van der Waals surface area contributed by atoms with Crippen LogP contribution in [0.3, 0.4) is 0 Å². The molecular weight excluding hydrogens is 204 g/mol. The highest BCUT2D eigenvalue weighted by molar-refractivity contribution is 5.75. The number of esters is 1. The fourth-order valence-electron chi connectivity index (χ4n) is 2.39. The van der Waals surface area contributed by atoms with E-state index in [1.54, 1.807) is 7.05 Å². The lowest BCUT2D eigenvalue weighted by Crippen LogP contribution is -2.43. The summed E-state index contributed by atoms with van der Waals surface area (Å²) in [5, 5.41) is 3.00. The Bertz CT molecular complexity index is 241. The average Bonchev–Trinajstić information content (AvgIpc) is 2.58. The molecule has 1 aliphatic rings. The van der Waals surface area contributed by atoms with Gasteiger partial charge in [0.25, 0.3) is 0 Å². The Hall–Kier alpha value is -0.610. The van der Waals surface area contributed by atoms with Crippen LogP contribution < -0.4 is 5.32 Å². The first-order chi connectivity index (χ1) is 7.51. The summed E-state index contributed by atoms with van der Waals surface area (Å²) in [5.74, 6) is -0.167. The van der Waals surface area contributed by atoms with E-state index in [1.165, 1.54) is 20.0 Å². The molecule has 0 aromatic carbocycles. The lowest BCUT2D eigenvalue weighted by atomic mass is 10.0. The monoisotopic (exact) mass is 228 g/mol. The number of likely N-dealkylation sites (N-methyl/N-ethyl adjacent to an activating group) is 1. The average molecular weight is 228 g/mol. The van der Waals surface area contributed by atoms with Gasteiger partial charge in [0.2, 0.25) is 0 Å². The van der Waals surface area contributed by atoms with Crippen molar-refractivity contribution in [2.24, 2.45) is 0 Å². The molecule has 0 aromatic rings. The number of carbonyl (C=O) groups excluding carboxylic acids is 1. The zero-order chi connectivity index (χ0) is 12.2. The minimum absolute atomic E-state index is 0.167. The number of rotatable bonds is 5. The van der Waals surface area contributed by atoms with Crippen LogP contribution in [0, 0.1) is 0 Å². The van der Waals surface area contributed by atoms with Gasteiger partial charge in [-0.15, -0.1) is 0 Å². The third-order valence-electron chi connectivity index (χ3n) is 3.59. The summed E-state index contributed by atoms with van der Waals surface area (Å²) in [7, 11) is 3.24. The van der Waals surface area contributed by atoms with Crippen LogP contribution in [0.25, 0.3) is 0 Å². The van der Waals surface area contributed by atoms with Crippen LogP contribution in [-0.2, 0) is 9.53 Å². The van der Waals surface area contributed by atoms with Crippen molar-refractivity contribution < 1.29 is 9.53 Å². The lowest BCUT2D eigenvalue weighted by molar-refractivity contribution is -0.143. The first-order valence-corrected chi connectivity index (χ1v) is 6.01. The van der Waals surface area contributed by atoms with Crippen molar-refractivity contribution in [2.45, 2.75) is 44.7 Å². The molecule has 0 bridgehead atoms. The number of ether oxygens (including phenoxy) is 1. The van der Waals surface area contributed by atoms with E-state index in [0.29, 0.717) is 0 Å². The number of hydrogen-bond donors (Lipinski definition) is 1. The Balaban J connectivity index is 2.41. The van der Waals surface area contributed by atoms with Gasteiger partial charge >= 0.3 is 5.97 Å². The molecule has 0 saturated carbocycles. The van der Waals surface area contributed by atoms with E-state index < -0.39 is 0 Å². The quantitative estimate of drug-likeness (QED) is 0.713. The van der Waals surface area contributed by atoms with E-state index in [2.05, 4.69) is 24.1 Å². The molecule has 1 heterocycles. The highest BCUT2D eigenvalue weighted by Gasteiger charge is 2.32. The topological polar surface area (TPSA) is 41.6 Å². The van der Waals surface area contributed by atoms with Crippen LogP contribution in [0.5, 0.6) is 0 Å². The van der Waals surface area contributed by atoms with Crippen LogP contribution in [-0.4, -0.2) is 49.7 Å². The molecule has 1 unspecified atom stereocenters. The number of methoxy groups -OCH3 is 1. The molecule has 0 spiro atoms. The van der Waals surface area contributed by atoms with E-state index >= 15 is 0 Å². The molecule has 16 heavy (non-hydrogen) atoms. The van der Waals surface area contributed by atoms with Gasteiger partial charge in [0.1, 0.15) is 6.04 Å². The van der Waals surface area contributed by atoms with Gasteiger partial charge in [-0.25, -0.2) is 0 Å². The van der Waals surface area contributed by atoms with Crippen LogP contribution in [0.1, 0.15) is 33.1 Å². The summed E-state index contributed by atoms with van der Waals surface area (Å²) in [6, 6.07) is -0.179. The van der Waals surface area contributed by atoms with Crippen molar-refractivity contribution in [3.05, 3.63) is 0 Å². The second-order valence-corrected chi connectivity index (χ2v) is 5.06. The minimum atomic E-state index is -0.179. The van der Waals surface area contributed by atoms with Crippen molar-refractivity contribution in [3.8, 4) is 0 Å². The summed E-state index contributed by atoms with van der Waals surface area (Å²) in [6.45, 7) is 6.64. The highest BCUT2D eigenvalue weighted by Crippen LogP contribution is 2.28. The molecule has 94 valence electrons. The van der Waals surface area contributed by atoms with Crippen LogP contribution in [0.2, 0.25) is 0 Å². The third kappa shape index (κ3) is 3.19. The van der Waals surface area contributed by atoms with Gasteiger partial charge in [0, 0.05) is 12.1 Å². The summed E-state index contributed by atoms with van der Waals surface area (Å²) >= 11 is 0. The largest absolute Gasteiger partial charge is 0.468 e. The SMILES string of the molecule is CNC(CCN1CCCC1(C)C)C(=O)OC. The molecule has 1 atom stereocenters. The number of nitrogens with zero attached hydrogens (tertiary/aromatic N) is 1. The van der Waals surface area contributed by atoms with E-state index in [-0.39, 0.29) is 17.6 Å². The Morgan fingerprint density at radius 2 is 2.25 bits per heavy atom. The first kappa shape index (κ1) is 13.5. The van der Waals surface area contributed by atoms with Gasteiger partial charge in [0.15, 0.2) is 0 Å². The maximum atomic E-state index is 11.4. The van der Waals surface area contributed by atoms with Crippen LogP contribution >= 0.6 is 0 Å². The van der Waals surface area contributed by atoms with E-state index in [9.17, 15) is 4.79 Å². The number of nitrogens with one attached hydrogen (secondary N) is 1. The highest BCUT2D eigenvalue weighted by atomic mass is 16.5. The molecule has 1 saturated heterocycles. The zero-order valence-electron chi connectivity index (χ0n) is 10.9. The van der Waals surface area contributed by atoms with Crippen molar-refractivity contribution in [2.75, 3.05) is 27.2 Å². The van der Waals surface area contributed by atoms with Crippen molar-refractivity contribution in [1.82, 2.24) is 10.2 Å². The van der Waals surface area contributed by atoms with Crippen molar-refractivity contribution in [3.63, 3.8) is 0 Å². The predicted octanol–water partition coefficient (Wildman–Crippen LogP) is 1.01. The van der Waals surface area contributed by atoms with Crippen molar-refractivity contribution in [1.29, 1.82) is 0 Å². The Kier molecular flexibility index (Phi) is 4.74. The molecule has 0 amide bonds. The van der Waals surface area contributed by atoms with E-state index in [1.807, 2.05) is 0 Å². The predicted molar refractivity (Wildman–Crippen MR) is 64.4 cm³/mol. The second kappa shape index (κ2) is 5.64. The fraction of sp³-hybridized carbons (Fsp3) is 0.917. The van der Waals surface area contributed by atoms with Gasteiger partial charge in [-0.2, -0.15) is 0 Å². The zero-order valence-corrected chi connectivity index (χ0v) is 10.9. The molecule has 0 aliphatic carbocycles. The number of likely N-dealkylation sites (tertiary alicyclic amines) is 1. The standard InChI is InChI=1S/C12H24N2O2/c1-12(2)7-5-8-14(12)9-6-10(13-3)11(15)16-4/h10,13H,5-9H2,1-4H3. The molecule has 1 rings (SSSR count). The normalized spacial score (nSPS) is 22.0. The summed E-state index contributed by atoms with van der Waals surface area (Å²) in [6.07, 6.45) is 3.32. The maximum Gasteiger partial charge on any atom is 0.322 e. The first-order valence-electron chi connectivity index (χ1n) is 6.01. The fourth-order valence-corrected chi connectivity index (χ4v) is 2.39. The van der Waals surface area contributed by atoms with Crippen molar-refractivity contribution >= 4 is 5.97 Å². The van der Waals surface area contributed by atoms with Gasteiger partial charge in [-0.3, -0.25) is 9.69 Å². The smallest absolute Gasteiger partial charge is 0.322 e. The van der Waals surface area contributed by atoms with Crippen LogP contribution in [0.4, 0.5) is 0 Å². The molecule has 1 fully saturated rings. The van der Waals surface area contributed by atoms with Gasteiger partial charge < -0.3 is 10.1 Å². The van der Waals surface area contributed by atoms with E-state index in [4.69, 9.17) is 4.74 Å². The third-order valence-corrected chi connectivity index (χ3v) is 3.59. The Morgan fingerprint density at radius 3 is 2.69 bits per heavy atom. The molecule has 1 aliphatic heterocycles. The lowest BCUT2D eigenvalue weighted by Gasteiger charge is -2.32. The van der Waals surface area contributed by atoms with Crippen LogP contribution in [0.15, 0.2) is 0 Å². The van der Waals surface area contributed by atoms with E-state index in [0.717, 1.165) is 19.5 Å². The molecule has 4 heteroatoms. The minimum Gasteiger partial charge on any atom is -0.468 e. The van der Waals surface area contributed by atoms with Gasteiger partial charge in [0.05, 0.1) is 7.11 Å². The summed E-state index contributed by atoms with van der Waals surface area (Å²) < 4.78 is 4.75. The molecule has 0 aromatic heterocycles. The second-order valence-electron chi connectivity index (χ2n) is 5.06.